The molecule has 1 rings (SSSR count). The van der Waals surface area contributed by atoms with Crippen LogP contribution in [-0.2, 0) is 0 Å². The molecule has 0 fully saturated rings. The number of aromatic nitrogens is 1. The molecule has 0 aliphatic carbocycles. The number of halogens is 1. The highest BCUT2D eigenvalue weighted by atomic mass is 127. The molecule has 1 heterocycles. The number of aliphatic imine (C=N–C) groups is 1. The van der Waals surface area contributed by atoms with E-state index in [-0.39, 0.29) is 24.0 Å². The van der Waals surface area contributed by atoms with Gasteiger partial charge in [-0.25, -0.2) is 0 Å². The lowest BCUT2D eigenvalue weighted by molar-refractivity contribution is 0.187. The molecule has 0 spiro atoms. The first-order chi connectivity index (χ1) is 9.27. The minimum absolute atomic E-state index is 0. The zero-order chi connectivity index (χ0) is 13.9. The molecule has 5 nitrogen and oxygen atoms in total. The number of aliphatic hydroxyl groups excluding tert-OH is 1. The zero-order valence-corrected chi connectivity index (χ0v) is 14.5. The maximum atomic E-state index is 10.0. The van der Waals surface area contributed by atoms with E-state index in [1.807, 2.05) is 6.92 Å². The fraction of sp³-hybridized carbons (Fsp3) is 0.571. The largest absolute Gasteiger partial charge is 0.386 e. The molecule has 114 valence electrons. The Balaban J connectivity index is 0.00000361. The van der Waals surface area contributed by atoms with Crippen LogP contribution in [0.25, 0.3) is 0 Å². The Bertz CT molecular complexity index is 373. The number of hydrogen-bond donors (Lipinski definition) is 3. The molecule has 3 N–H and O–H groups in total. The van der Waals surface area contributed by atoms with Crippen molar-refractivity contribution in [3.63, 3.8) is 0 Å². The summed E-state index contributed by atoms with van der Waals surface area (Å²) in [6, 6.07) is 3.61. The smallest absolute Gasteiger partial charge is 0.191 e. The maximum Gasteiger partial charge on any atom is 0.191 e. The first-order valence-corrected chi connectivity index (χ1v) is 6.88. The SMILES string of the molecule is CCCCNC(=NCC(O)c1ccncc1)NCC.I. The molecule has 1 unspecified atom stereocenters. The molecule has 1 atom stereocenters. The normalized spacial score (nSPS) is 12.4. The summed E-state index contributed by atoms with van der Waals surface area (Å²) in [7, 11) is 0. The van der Waals surface area contributed by atoms with Crippen molar-refractivity contribution in [1.29, 1.82) is 0 Å². The van der Waals surface area contributed by atoms with Gasteiger partial charge in [-0.2, -0.15) is 0 Å². The van der Waals surface area contributed by atoms with Crippen LogP contribution in [0, 0.1) is 0 Å². The molecule has 0 aliphatic heterocycles. The predicted octanol–water partition coefficient (Wildman–Crippen LogP) is 2.09. The molecule has 0 aromatic carbocycles. The first-order valence-electron chi connectivity index (χ1n) is 6.88. The lowest BCUT2D eigenvalue weighted by Crippen LogP contribution is -2.38. The minimum Gasteiger partial charge on any atom is -0.386 e. The van der Waals surface area contributed by atoms with Crippen molar-refractivity contribution in [2.75, 3.05) is 19.6 Å². The molecule has 20 heavy (non-hydrogen) atoms. The molecule has 0 aliphatic rings. The third-order valence-corrected chi connectivity index (χ3v) is 2.68. The summed E-state index contributed by atoms with van der Waals surface area (Å²) in [6.07, 6.45) is 5.01. The van der Waals surface area contributed by atoms with E-state index in [0.717, 1.165) is 37.5 Å². The van der Waals surface area contributed by atoms with Gasteiger partial charge < -0.3 is 15.7 Å². The Kier molecular flexibility index (Phi) is 11.4. The first kappa shape index (κ1) is 19.1. The van der Waals surface area contributed by atoms with Gasteiger partial charge in [0.25, 0.3) is 0 Å². The Morgan fingerprint density at radius 2 is 2.00 bits per heavy atom. The van der Waals surface area contributed by atoms with Gasteiger partial charge in [0.15, 0.2) is 5.96 Å². The van der Waals surface area contributed by atoms with Crippen molar-refractivity contribution in [1.82, 2.24) is 15.6 Å². The van der Waals surface area contributed by atoms with Crippen LogP contribution >= 0.6 is 24.0 Å². The molecule has 1 aromatic heterocycles. The Morgan fingerprint density at radius 1 is 1.30 bits per heavy atom. The standard InChI is InChI=1S/C14H24N4O.HI/c1-3-5-8-17-14(16-4-2)18-11-13(19)12-6-9-15-10-7-12;/h6-7,9-10,13,19H,3-5,8,11H2,1-2H3,(H2,16,17,18);1H. The van der Waals surface area contributed by atoms with E-state index >= 15 is 0 Å². The average Bonchev–Trinajstić information content (AvgIpc) is 2.45. The fourth-order valence-corrected chi connectivity index (χ4v) is 1.59. The second kappa shape index (κ2) is 11.9. The number of nitrogens with one attached hydrogen (secondary N) is 2. The second-order valence-electron chi connectivity index (χ2n) is 4.30. The van der Waals surface area contributed by atoms with Crippen molar-refractivity contribution < 1.29 is 5.11 Å². The van der Waals surface area contributed by atoms with Gasteiger partial charge >= 0.3 is 0 Å². The Morgan fingerprint density at radius 3 is 2.60 bits per heavy atom. The third-order valence-electron chi connectivity index (χ3n) is 2.68. The number of guanidine groups is 1. The number of pyridine rings is 1. The summed E-state index contributed by atoms with van der Waals surface area (Å²) in [4.78, 5) is 8.32. The van der Waals surface area contributed by atoms with Gasteiger partial charge in [-0.15, -0.1) is 24.0 Å². The summed E-state index contributed by atoms with van der Waals surface area (Å²) in [5.41, 5.74) is 0.836. The van der Waals surface area contributed by atoms with Gasteiger partial charge in [-0.3, -0.25) is 9.98 Å². The minimum atomic E-state index is -0.593. The van der Waals surface area contributed by atoms with Crippen LogP contribution < -0.4 is 10.6 Å². The van der Waals surface area contributed by atoms with E-state index < -0.39 is 6.10 Å². The van der Waals surface area contributed by atoms with Gasteiger partial charge in [0.2, 0.25) is 0 Å². The van der Waals surface area contributed by atoms with Crippen molar-refractivity contribution in [3.8, 4) is 0 Å². The van der Waals surface area contributed by atoms with E-state index in [0.29, 0.717) is 6.54 Å². The summed E-state index contributed by atoms with van der Waals surface area (Å²) in [5.74, 6) is 0.754. The van der Waals surface area contributed by atoms with Gasteiger partial charge in [-0.05, 0) is 31.0 Å². The highest BCUT2D eigenvalue weighted by molar-refractivity contribution is 14.0. The zero-order valence-electron chi connectivity index (χ0n) is 12.2. The molecular weight excluding hydrogens is 367 g/mol. The van der Waals surface area contributed by atoms with Crippen molar-refractivity contribution in [3.05, 3.63) is 30.1 Å². The van der Waals surface area contributed by atoms with E-state index in [1.165, 1.54) is 0 Å². The van der Waals surface area contributed by atoms with Crippen LogP contribution in [-0.4, -0.2) is 35.7 Å². The summed E-state index contributed by atoms with van der Waals surface area (Å²) in [6.45, 7) is 6.22. The fourth-order valence-electron chi connectivity index (χ4n) is 1.59. The number of rotatable bonds is 7. The summed E-state index contributed by atoms with van der Waals surface area (Å²) in [5, 5.41) is 16.4. The average molecular weight is 392 g/mol. The second-order valence-corrected chi connectivity index (χ2v) is 4.30. The van der Waals surface area contributed by atoms with E-state index in [4.69, 9.17) is 0 Å². The molecular formula is C14H25IN4O. The summed E-state index contributed by atoms with van der Waals surface area (Å²) >= 11 is 0. The van der Waals surface area contributed by atoms with Crippen LogP contribution in [0.5, 0.6) is 0 Å². The van der Waals surface area contributed by atoms with Crippen LogP contribution in [0.1, 0.15) is 38.4 Å². The molecule has 0 saturated heterocycles. The number of hydrogen-bond acceptors (Lipinski definition) is 3. The summed E-state index contributed by atoms with van der Waals surface area (Å²) < 4.78 is 0. The number of unbranched alkanes of at least 4 members (excludes halogenated alkanes) is 1. The predicted molar refractivity (Wildman–Crippen MR) is 93.5 cm³/mol. The topological polar surface area (TPSA) is 69.5 Å². The van der Waals surface area contributed by atoms with E-state index in [2.05, 4.69) is 27.5 Å². The van der Waals surface area contributed by atoms with Gasteiger partial charge in [-0.1, -0.05) is 13.3 Å². The highest BCUT2D eigenvalue weighted by Crippen LogP contribution is 2.10. The molecule has 6 heteroatoms. The molecule has 0 amide bonds. The lowest BCUT2D eigenvalue weighted by atomic mass is 10.1. The van der Waals surface area contributed by atoms with Gasteiger partial charge in [0.05, 0.1) is 12.6 Å². The Hall–Kier alpha value is -0.890. The van der Waals surface area contributed by atoms with Crippen LogP contribution in [0.4, 0.5) is 0 Å². The molecule has 1 aromatic rings. The van der Waals surface area contributed by atoms with Crippen molar-refractivity contribution in [2.45, 2.75) is 32.8 Å². The number of aliphatic hydroxyl groups is 1. The number of nitrogens with zero attached hydrogens (tertiary/aromatic N) is 2. The molecule has 0 bridgehead atoms. The van der Waals surface area contributed by atoms with E-state index in [1.54, 1.807) is 24.5 Å². The third kappa shape index (κ3) is 7.64. The monoisotopic (exact) mass is 392 g/mol. The van der Waals surface area contributed by atoms with Crippen molar-refractivity contribution in [2.24, 2.45) is 4.99 Å². The lowest BCUT2D eigenvalue weighted by Gasteiger charge is -2.13. The quantitative estimate of drug-likeness (QED) is 0.288. The van der Waals surface area contributed by atoms with E-state index in [9.17, 15) is 5.11 Å². The van der Waals surface area contributed by atoms with Gasteiger partial charge in [0.1, 0.15) is 0 Å². The van der Waals surface area contributed by atoms with Crippen molar-refractivity contribution >= 4 is 29.9 Å². The van der Waals surface area contributed by atoms with Crippen LogP contribution in [0.15, 0.2) is 29.5 Å². The Labute approximate surface area is 138 Å². The highest BCUT2D eigenvalue weighted by Gasteiger charge is 2.06. The van der Waals surface area contributed by atoms with Crippen LogP contribution in [0.2, 0.25) is 0 Å². The maximum absolute atomic E-state index is 10.0. The van der Waals surface area contributed by atoms with Crippen LogP contribution in [0.3, 0.4) is 0 Å². The molecule has 0 saturated carbocycles. The van der Waals surface area contributed by atoms with Gasteiger partial charge in [0, 0.05) is 25.5 Å². The molecule has 0 radical (unpaired) electrons.